The molecule has 29 heavy (non-hydrogen) atoms. The lowest BCUT2D eigenvalue weighted by Gasteiger charge is -2.21. The van der Waals surface area contributed by atoms with Crippen LogP contribution in [0.5, 0.6) is 0 Å². The molecule has 2 heterocycles. The van der Waals surface area contributed by atoms with Gasteiger partial charge >= 0.3 is 0 Å². The zero-order valence-corrected chi connectivity index (χ0v) is 18.8. The van der Waals surface area contributed by atoms with E-state index in [9.17, 15) is 4.79 Å². The van der Waals surface area contributed by atoms with Crippen molar-refractivity contribution in [3.8, 4) is 0 Å². The summed E-state index contributed by atoms with van der Waals surface area (Å²) in [6.07, 6.45) is 6.04. The smallest absolute Gasteiger partial charge is 0.279 e. The first-order valence-electron chi connectivity index (χ1n) is 9.54. The molecule has 0 saturated carbocycles. The molecule has 5 heteroatoms. The van der Waals surface area contributed by atoms with Crippen LogP contribution in [0.25, 0.3) is 0 Å². The van der Waals surface area contributed by atoms with E-state index in [0.29, 0.717) is 17.9 Å². The molecule has 0 fully saturated rings. The molecule has 4 nitrogen and oxygen atoms in total. The first-order chi connectivity index (χ1) is 13.8. The Morgan fingerprint density at radius 2 is 1.79 bits per heavy atom. The van der Waals surface area contributed by atoms with Crippen molar-refractivity contribution in [3.05, 3.63) is 92.7 Å². The summed E-state index contributed by atoms with van der Waals surface area (Å²) in [5, 5.41) is 0. The van der Waals surface area contributed by atoms with E-state index in [2.05, 4.69) is 65.5 Å². The molecule has 0 spiro atoms. The Morgan fingerprint density at radius 3 is 2.52 bits per heavy atom. The summed E-state index contributed by atoms with van der Waals surface area (Å²) < 4.78 is 1.13. The maximum atomic E-state index is 12.9. The van der Waals surface area contributed by atoms with Gasteiger partial charge in [-0.15, -0.1) is 0 Å². The average molecular weight is 495 g/mol. The van der Waals surface area contributed by atoms with Crippen molar-refractivity contribution in [1.82, 2.24) is 4.90 Å². The van der Waals surface area contributed by atoms with Gasteiger partial charge in [0.05, 0.1) is 0 Å². The quantitative estimate of drug-likeness (QED) is 0.482. The number of carbonyl (C=O) groups is 1. The van der Waals surface area contributed by atoms with Crippen LogP contribution < -0.4 is 0 Å². The van der Waals surface area contributed by atoms with Crippen LogP contribution in [0.2, 0.25) is 0 Å². The van der Waals surface area contributed by atoms with Gasteiger partial charge in [0.1, 0.15) is 5.84 Å². The number of nitrogens with zero attached hydrogens (tertiary/aromatic N) is 3. The molecule has 2 aliphatic rings. The van der Waals surface area contributed by atoms with E-state index < -0.39 is 0 Å². The second-order valence-corrected chi connectivity index (χ2v) is 9.42. The Labute approximate surface area is 184 Å². The number of benzene rings is 2. The summed E-state index contributed by atoms with van der Waals surface area (Å²) in [6.45, 7) is 7.16. The fourth-order valence-electron chi connectivity index (χ4n) is 3.32. The number of amidine groups is 2. The molecule has 0 saturated heterocycles. The molecular formula is C24H22IN3O. The summed E-state index contributed by atoms with van der Waals surface area (Å²) in [4.78, 5) is 24.1. The van der Waals surface area contributed by atoms with Gasteiger partial charge in [0.25, 0.3) is 5.91 Å². The summed E-state index contributed by atoms with van der Waals surface area (Å²) in [7, 11) is 0. The summed E-state index contributed by atoms with van der Waals surface area (Å²) >= 11 is 2.29. The first kappa shape index (κ1) is 19.8. The lowest BCUT2D eigenvalue weighted by molar-refractivity contribution is 0.100. The number of carbonyl (C=O) groups excluding carboxylic acids is 1. The van der Waals surface area contributed by atoms with Crippen LogP contribution in [0.15, 0.2) is 80.4 Å². The fourth-order valence-corrected chi connectivity index (χ4v) is 3.84. The SMILES string of the molecule is CC(C)(C)c1ccc(C(=O)N=C2N=C3C=CC(I)=CN3Cc3ccccc32)cc1. The van der Waals surface area contributed by atoms with Crippen LogP contribution in [0.1, 0.15) is 47.8 Å². The highest BCUT2D eigenvalue weighted by molar-refractivity contribution is 14.1. The first-order valence-corrected chi connectivity index (χ1v) is 10.6. The number of amides is 1. The summed E-state index contributed by atoms with van der Waals surface area (Å²) in [6, 6.07) is 15.7. The Kier molecular flexibility index (Phi) is 5.25. The third-order valence-corrected chi connectivity index (χ3v) is 5.63. The van der Waals surface area contributed by atoms with E-state index in [1.54, 1.807) is 0 Å². The van der Waals surface area contributed by atoms with Crippen molar-refractivity contribution in [2.24, 2.45) is 9.98 Å². The van der Waals surface area contributed by atoms with E-state index in [4.69, 9.17) is 4.99 Å². The minimum absolute atomic E-state index is 0.0431. The normalized spacial score (nSPS) is 17.2. The van der Waals surface area contributed by atoms with E-state index in [1.807, 2.05) is 54.6 Å². The molecule has 0 aromatic heterocycles. The van der Waals surface area contributed by atoms with Crippen molar-refractivity contribution in [1.29, 1.82) is 0 Å². The number of hydrogen-bond donors (Lipinski definition) is 0. The molecular weight excluding hydrogens is 473 g/mol. The van der Waals surface area contributed by atoms with Crippen molar-refractivity contribution in [2.45, 2.75) is 32.7 Å². The number of aliphatic imine (C=N–C) groups is 2. The van der Waals surface area contributed by atoms with Gasteiger partial charge in [-0.25, -0.2) is 4.99 Å². The number of fused-ring (bicyclic) bond motifs is 2. The molecule has 0 bridgehead atoms. The Morgan fingerprint density at radius 1 is 1.07 bits per heavy atom. The second kappa shape index (κ2) is 7.71. The highest BCUT2D eigenvalue weighted by atomic mass is 127. The second-order valence-electron chi connectivity index (χ2n) is 8.17. The third-order valence-electron chi connectivity index (χ3n) is 4.99. The molecule has 0 atom stereocenters. The Hall–Kier alpha value is -2.54. The minimum atomic E-state index is -0.280. The van der Waals surface area contributed by atoms with Gasteiger partial charge in [-0.3, -0.25) is 4.79 Å². The average Bonchev–Trinajstić information content (AvgIpc) is 2.83. The molecule has 0 unspecified atom stereocenters. The van der Waals surface area contributed by atoms with Gasteiger partial charge in [-0.1, -0.05) is 57.2 Å². The van der Waals surface area contributed by atoms with Crippen LogP contribution in [-0.4, -0.2) is 22.5 Å². The predicted octanol–water partition coefficient (Wildman–Crippen LogP) is 5.63. The number of hydrogen-bond acceptors (Lipinski definition) is 2. The number of halogens is 1. The fraction of sp³-hybridized carbons (Fsp3) is 0.208. The molecule has 4 rings (SSSR count). The Bertz CT molecular complexity index is 1090. The van der Waals surface area contributed by atoms with E-state index in [0.717, 1.165) is 20.5 Å². The Balaban J connectivity index is 1.74. The number of allylic oxidation sites excluding steroid dienone is 2. The third kappa shape index (κ3) is 4.24. The molecule has 0 radical (unpaired) electrons. The lowest BCUT2D eigenvalue weighted by Crippen LogP contribution is -2.24. The largest absolute Gasteiger partial charge is 0.327 e. The molecule has 146 valence electrons. The monoisotopic (exact) mass is 495 g/mol. The van der Waals surface area contributed by atoms with Crippen LogP contribution >= 0.6 is 22.6 Å². The zero-order valence-electron chi connectivity index (χ0n) is 16.7. The van der Waals surface area contributed by atoms with Gasteiger partial charge in [0, 0.05) is 27.5 Å². The predicted molar refractivity (Wildman–Crippen MR) is 127 cm³/mol. The summed E-state index contributed by atoms with van der Waals surface area (Å²) in [5.74, 6) is 0.965. The minimum Gasteiger partial charge on any atom is -0.327 e. The van der Waals surface area contributed by atoms with Gasteiger partial charge < -0.3 is 4.90 Å². The topological polar surface area (TPSA) is 45.0 Å². The van der Waals surface area contributed by atoms with Crippen molar-refractivity contribution in [2.75, 3.05) is 0 Å². The molecule has 2 aromatic rings. The van der Waals surface area contributed by atoms with Crippen LogP contribution in [-0.2, 0) is 12.0 Å². The molecule has 1 amide bonds. The molecule has 2 aromatic carbocycles. The molecule has 2 aliphatic heterocycles. The van der Waals surface area contributed by atoms with E-state index in [1.165, 1.54) is 5.56 Å². The zero-order chi connectivity index (χ0) is 20.6. The van der Waals surface area contributed by atoms with Crippen molar-refractivity contribution >= 4 is 40.2 Å². The van der Waals surface area contributed by atoms with Gasteiger partial charge in [0.15, 0.2) is 5.84 Å². The maximum absolute atomic E-state index is 12.9. The number of rotatable bonds is 1. The van der Waals surface area contributed by atoms with E-state index >= 15 is 0 Å². The van der Waals surface area contributed by atoms with Gasteiger partial charge in [0.2, 0.25) is 0 Å². The molecule has 0 aliphatic carbocycles. The van der Waals surface area contributed by atoms with Crippen LogP contribution in [0.3, 0.4) is 0 Å². The molecule has 0 N–H and O–H groups in total. The van der Waals surface area contributed by atoms with E-state index in [-0.39, 0.29) is 11.3 Å². The highest BCUT2D eigenvalue weighted by Gasteiger charge is 2.22. The van der Waals surface area contributed by atoms with Gasteiger partial charge in [-0.2, -0.15) is 4.99 Å². The van der Waals surface area contributed by atoms with Crippen LogP contribution in [0.4, 0.5) is 0 Å². The van der Waals surface area contributed by atoms with Gasteiger partial charge in [-0.05, 0) is 63.4 Å². The standard InChI is InChI=1S/C24H22IN3O/c1-24(2,3)18-10-8-16(9-11-18)23(29)27-22-20-7-5-4-6-17(20)14-28-15-19(25)12-13-21(28)26-22/h4-13,15H,14H2,1-3H3. The van der Waals surface area contributed by atoms with Crippen molar-refractivity contribution in [3.63, 3.8) is 0 Å². The lowest BCUT2D eigenvalue weighted by atomic mass is 9.87. The van der Waals surface area contributed by atoms with Crippen LogP contribution in [0, 0.1) is 0 Å². The maximum Gasteiger partial charge on any atom is 0.279 e. The summed E-state index contributed by atoms with van der Waals surface area (Å²) in [5.41, 5.74) is 3.79. The highest BCUT2D eigenvalue weighted by Crippen LogP contribution is 2.25. The van der Waals surface area contributed by atoms with Crippen molar-refractivity contribution < 1.29 is 4.79 Å².